The van der Waals surface area contributed by atoms with Crippen LogP contribution in [0.3, 0.4) is 0 Å². The fraction of sp³-hybridized carbons (Fsp3) is 0.440. The van der Waals surface area contributed by atoms with E-state index >= 15 is 0 Å². The molecule has 1 unspecified atom stereocenters. The summed E-state index contributed by atoms with van der Waals surface area (Å²) in [5, 5.41) is 2.89. The van der Waals surface area contributed by atoms with Crippen LogP contribution in [0, 0.1) is 6.92 Å². The first-order chi connectivity index (χ1) is 14.6. The number of halogens is 1. The summed E-state index contributed by atoms with van der Waals surface area (Å²) in [7, 11) is 0. The highest BCUT2D eigenvalue weighted by Crippen LogP contribution is 2.29. The minimum atomic E-state index is -0.619. The van der Waals surface area contributed by atoms with E-state index in [1.54, 1.807) is 11.8 Å². The maximum absolute atomic E-state index is 13.1. The van der Waals surface area contributed by atoms with Gasteiger partial charge >= 0.3 is 0 Å². The summed E-state index contributed by atoms with van der Waals surface area (Å²) in [4.78, 5) is 27.3. The molecule has 0 fully saturated rings. The van der Waals surface area contributed by atoms with Gasteiger partial charge in [0.25, 0.3) is 5.91 Å². The van der Waals surface area contributed by atoms with Gasteiger partial charge in [-0.2, -0.15) is 0 Å². The molecule has 0 aliphatic heterocycles. The summed E-state index contributed by atoms with van der Waals surface area (Å²) >= 11 is 3.53. The molecule has 0 aliphatic rings. The van der Waals surface area contributed by atoms with E-state index in [2.05, 4.69) is 35.1 Å². The van der Waals surface area contributed by atoms with E-state index in [0.717, 1.165) is 15.6 Å². The molecule has 6 heteroatoms. The standard InChI is InChI=1S/C25H33BrN2O3/c1-16(2)21-11-12-23(22(26)13-21)31-15-24(29)28(19(6)25(30)27-17(3)4)14-20-9-7-18(5)8-10-20/h7-13,16-17,19H,14-15H2,1-6H3,(H,27,30). The van der Waals surface area contributed by atoms with Crippen LogP contribution in [0.15, 0.2) is 46.9 Å². The van der Waals surface area contributed by atoms with E-state index in [0.29, 0.717) is 18.2 Å². The Balaban J connectivity index is 2.16. The molecule has 0 saturated carbocycles. The third kappa shape index (κ3) is 7.39. The van der Waals surface area contributed by atoms with Gasteiger partial charge in [0.05, 0.1) is 4.47 Å². The van der Waals surface area contributed by atoms with Crippen molar-refractivity contribution in [3.63, 3.8) is 0 Å². The second-order valence-corrected chi connectivity index (χ2v) is 9.33. The molecule has 2 aromatic carbocycles. The van der Waals surface area contributed by atoms with Crippen molar-refractivity contribution in [3.05, 3.63) is 63.6 Å². The molecule has 0 aliphatic carbocycles. The second-order valence-electron chi connectivity index (χ2n) is 8.48. The summed E-state index contributed by atoms with van der Waals surface area (Å²) in [6.45, 7) is 12.0. The Hall–Kier alpha value is -2.34. The van der Waals surface area contributed by atoms with Gasteiger partial charge < -0.3 is 15.0 Å². The van der Waals surface area contributed by atoms with Crippen molar-refractivity contribution in [2.75, 3.05) is 6.61 Å². The molecule has 0 bridgehead atoms. The van der Waals surface area contributed by atoms with E-state index in [9.17, 15) is 9.59 Å². The highest BCUT2D eigenvalue weighted by molar-refractivity contribution is 9.10. The quantitative estimate of drug-likeness (QED) is 0.527. The summed E-state index contributed by atoms with van der Waals surface area (Å²) in [6.07, 6.45) is 0. The molecule has 0 radical (unpaired) electrons. The average Bonchev–Trinajstić information content (AvgIpc) is 2.71. The van der Waals surface area contributed by atoms with Crippen molar-refractivity contribution in [3.8, 4) is 5.75 Å². The number of rotatable bonds is 9. The number of nitrogens with one attached hydrogen (secondary N) is 1. The molecule has 5 nitrogen and oxygen atoms in total. The Bertz CT molecular complexity index is 894. The van der Waals surface area contributed by atoms with Crippen molar-refractivity contribution in [2.45, 2.75) is 66.1 Å². The van der Waals surface area contributed by atoms with Gasteiger partial charge in [0.1, 0.15) is 11.8 Å². The number of ether oxygens (including phenoxy) is 1. The minimum absolute atomic E-state index is 0.00189. The summed E-state index contributed by atoms with van der Waals surface area (Å²) in [6, 6.07) is 13.2. The molecule has 1 atom stereocenters. The number of amides is 2. The molecule has 0 saturated heterocycles. The molecule has 168 valence electrons. The molecular weight excluding hydrogens is 456 g/mol. The van der Waals surface area contributed by atoms with Crippen molar-refractivity contribution in [1.82, 2.24) is 10.2 Å². The topological polar surface area (TPSA) is 58.6 Å². The lowest BCUT2D eigenvalue weighted by molar-refractivity contribution is -0.142. The van der Waals surface area contributed by atoms with Crippen molar-refractivity contribution < 1.29 is 14.3 Å². The molecule has 0 aromatic heterocycles. The van der Waals surface area contributed by atoms with Crippen LogP contribution in [0.2, 0.25) is 0 Å². The van der Waals surface area contributed by atoms with Gasteiger partial charge in [-0.1, -0.05) is 49.7 Å². The SMILES string of the molecule is Cc1ccc(CN(C(=O)COc2ccc(C(C)C)cc2Br)C(C)C(=O)NC(C)C)cc1. The summed E-state index contributed by atoms with van der Waals surface area (Å²) < 4.78 is 6.62. The van der Waals surface area contributed by atoms with Gasteiger partial charge in [-0.3, -0.25) is 9.59 Å². The zero-order chi connectivity index (χ0) is 23.1. The van der Waals surface area contributed by atoms with Crippen molar-refractivity contribution in [2.24, 2.45) is 0 Å². The lowest BCUT2D eigenvalue weighted by Gasteiger charge is -2.29. The molecule has 0 spiro atoms. The zero-order valence-electron chi connectivity index (χ0n) is 19.2. The van der Waals surface area contributed by atoms with Crippen LogP contribution in [0.25, 0.3) is 0 Å². The first kappa shape index (κ1) is 24.9. The Kier molecular flexibility index (Phi) is 9.11. The summed E-state index contributed by atoms with van der Waals surface area (Å²) in [5.74, 6) is 0.578. The first-order valence-electron chi connectivity index (χ1n) is 10.7. The minimum Gasteiger partial charge on any atom is -0.483 e. The van der Waals surface area contributed by atoms with Gasteiger partial charge in [-0.15, -0.1) is 0 Å². The van der Waals surface area contributed by atoms with Crippen molar-refractivity contribution >= 4 is 27.7 Å². The molecule has 2 aromatic rings. The monoisotopic (exact) mass is 488 g/mol. The highest BCUT2D eigenvalue weighted by Gasteiger charge is 2.27. The van der Waals surface area contributed by atoms with Crippen LogP contribution in [-0.4, -0.2) is 35.4 Å². The smallest absolute Gasteiger partial charge is 0.261 e. The van der Waals surface area contributed by atoms with Gasteiger partial charge in [0.15, 0.2) is 6.61 Å². The molecule has 31 heavy (non-hydrogen) atoms. The predicted octanol–water partition coefficient (Wildman–Crippen LogP) is 5.20. The lowest BCUT2D eigenvalue weighted by atomic mass is 10.0. The molecule has 2 amide bonds. The number of carbonyl (C=O) groups excluding carboxylic acids is 2. The number of hydrogen-bond acceptors (Lipinski definition) is 3. The van der Waals surface area contributed by atoms with Crippen molar-refractivity contribution in [1.29, 1.82) is 0 Å². The largest absolute Gasteiger partial charge is 0.483 e. The second kappa shape index (κ2) is 11.3. The Morgan fingerprint density at radius 1 is 1.03 bits per heavy atom. The number of aryl methyl sites for hydroxylation is 1. The Morgan fingerprint density at radius 2 is 1.68 bits per heavy atom. The van der Waals surface area contributed by atoms with E-state index < -0.39 is 6.04 Å². The van der Waals surface area contributed by atoms with Crippen LogP contribution >= 0.6 is 15.9 Å². The third-order valence-corrected chi connectivity index (χ3v) is 5.67. The lowest BCUT2D eigenvalue weighted by Crippen LogP contribution is -2.50. The summed E-state index contributed by atoms with van der Waals surface area (Å²) in [5.41, 5.74) is 3.29. The first-order valence-corrected chi connectivity index (χ1v) is 11.5. The fourth-order valence-corrected chi connectivity index (χ4v) is 3.60. The molecule has 0 heterocycles. The van der Waals surface area contributed by atoms with E-state index in [1.165, 1.54) is 5.56 Å². The predicted molar refractivity (Wildman–Crippen MR) is 128 cm³/mol. The van der Waals surface area contributed by atoms with Crippen LogP contribution in [0.4, 0.5) is 0 Å². The van der Waals surface area contributed by atoms with Gasteiger partial charge in [0, 0.05) is 12.6 Å². The maximum Gasteiger partial charge on any atom is 0.261 e. The fourth-order valence-electron chi connectivity index (χ4n) is 3.09. The number of benzene rings is 2. The molecule has 1 N–H and O–H groups in total. The van der Waals surface area contributed by atoms with Crippen LogP contribution < -0.4 is 10.1 Å². The average molecular weight is 489 g/mol. The number of carbonyl (C=O) groups is 2. The number of nitrogens with zero attached hydrogens (tertiary/aromatic N) is 1. The van der Waals surface area contributed by atoms with Gasteiger partial charge in [-0.05, 0) is 72.8 Å². The van der Waals surface area contributed by atoms with E-state index in [1.807, 2.05) is 63.2 Å². The van der Waals surface area contributed by atoms with Gasteiger partial charge in [0.2, 0.25) is 5.91 Å². The van der Waals surface area contributed by atoms with E-state index in [-0.39, 0.29) is 24.5 Å². The normalized spacial score (nSPS) is 12.0. The third-order valence-electron chi connectivity index (χ3n) is 5.05. The maximum atomic E-state index is 13.1. The van der Waals surface area contributed by atoms with Crippen LogP contribution in [-0.2, 0) is 16.1 Å². The highest BCUT2D eigenvalue weighted by atomic mass is 79.9. The van der Waals surface area contributed by atoms with Crippen LogP contribution in [0.5, 0.6) is 5.75 Å². The van der Waals surface area contributed by atoms with E-state index in [4.69, 9.17) is 4.74 Å². The molecule has 2 rings (SSSR count). The molecular formula is C25H33BrN2O3. The zero-order valence-corrected chi connectivity index (χ0v) is 20.8. The van der Waals surface area contributed by atoms with Gasteiger partial charge in [-0.25, -0.2) is 0 Å². The van der Waals surface area contributed by atoms with Crippen LogP contribution in [0.1, 0.15) is 57.2 Å². The Morgan fingerprint density at radius 3 is 2.23 bits per heavy atom. The number of hydrogen-bond donors (Lipinski definition) is 1. The Labute approximate surface area is 194 Å².